The van der Waals surface area contributed by atoms with Crippen LogP contribution in [0.3, 0.4) is 0 Å². The summed E-state index contributed by atoms with van der Waals surface area (Å²) in [6.07, 6.45) is 1.14. The summed E-state index contributed by atoms with van der Waals surface area (Å²) >= 11 is 0. The maximum absolute atomic E-state index is 13.1. The number of esters is 1. The van der Waals surface area contributed by atoms with Crippen molar-refractivity contribution in [2.24, 2.45) is 0 Å². The smallest absolute Gasteiger partial charge is 0.339 e. The van der Waals surface area contributed by atoms with Gasteiger partial charge in [-0.3, -0.25) is 0 Å². The number of sulfonamides is 1. The monoisotopic (exact) mass is 368 g/mol. The summed E-state index contributed by atoms with van der Waals surface area (Å²) in [6, 6.07) is 15.2. The molecule has 0 bridgehead atoms. The van der Waals surface area contributed by atoms with Gasteiger partial charge in [0.05, 0.1) is 22.6 Å². The fraction of sp³-hybridized carbons (Fsp3) is 0.263. The Morgan fingerprint density at radius 3 is 2.65 bits per heavy atom. The Bertz CT molecular complexity index is 1040. The average Bonchev–Trinajstić information content (AvgIpc) is 2.93. The Morgan fingerprint density at radius 1 is 1.12 bits per heavy atom. The third-order valence-electron chi connectivity index (χ3n) is 4.97. The summed E-state index contributed by atoms with van der Waals surface area (Å²) in [5.74, 6) is -0.419. The number of fused-ring (bicyclic) bond motifs is 2. The molecule has 6 nitrogen and oxygen atoms in total. The zero-order chi connectivity index (χ0) is 18.4. The lowest BCUT2D eigenvalue weighted by Gasteiger charge is -2.38. The predicted molar refractivity (Wildman–Crippen MR) is 92.7 cm³/mol. The number of carbonyl (C=O) groups is 1. The number of hydrogen-bond donors (Lipinski definition) is 0. The molecule has 0 aliphatic carbocycles. The molecule has 4 rings (SSSR count). The molecular weight excluding hydrogens is 352 g/mol. The third-order valence-corrected chi connectivity index (χ3v) is 6.87. The molecule has 1 unspecified atom stereocenters. The molecule has 2 aromatic rings. The van der Waals surface area contributed by atoms with E-state index in [0.29, 0.717) is 24.9 Å². The largest absolute Gasteiger partial charge is 0.449 e. The van der Waals surface area contributed by atoms with Gasteiger partial charge in [0.25, 0.3) is 0 Å². The molecular formula is C19H16N2O4S. The Kier molecular flexibility index (Phi) is 3.83. The first kappa shape index (κ1) is 16.8. The predicted octanol–water partition coefficient (Wildman–Crippen LogP) is 2.41. The van der Waals surface area contributed by atoms with E-state index < -0.39 is 21.6 Å². The Hall–Kier alpha value is -2.69. The second kappa shape index (κ2) is 5.94. The van der Waals surface area contributed by atoms with Crippen LogP contribution in [0, 0.1) is 11.3 Å². The molecule has 0 radical (unpaired) electrons. The van der Waals surface area contributed by atoms with Gasteiger partial charge in [-0.15, -0.1) is 0 Å². The van der Waals surface area contributed by atoms with Crippen LogP contribution >= 0.6 is 0 Å². The number of nitriles is 1. The molecule has 0 N–H and O–H groups in total. The van der Waals surface area contributed by atoms with Crippen LogP contribution in [-0.2, 0) is 20.4 Å². The SMILES string of the molecule is N#Cc1ccccc1S(=O)(=O)N1CCCC2(C1)OC(=O)c1ccccc12. The number of piperidine rings is 1. The van der Waals surface area contributed by atoms with Crippen LogP contribution in [0.25, 0.3) is 0 Å². The zero-order valence-corrected chi connectivity index (χ0v) is 14.7. The van der Waals surface area contributed by atoms with E-state index in [4.69, 9.17) is 4.74 Å². The highest BCUT2D eigenvalue weighted by Crippen LogP contribution is 2.43. The van der Waals surface area contributed by atoms with Crippen molar-refractivity contribution in [3.05, 3.63) is 65.2 Å². The molecule has 1 fully saturated rings. The lowest BCUT2D eigenvalue weighted by molar-refractivity contribution is -0.0345. The first-order chi connectivity index (χ1) is 12.5. The Labute approximate surface area is 151 Å². The summed E-state index contributed by atoms with van der Waals surface area (Å²) in [5.41, 5.74) is 0.374. The number of benzene rings is 2. The molecule has 2 aliphatic rings. The molecule has 26 heavy (non-hydrogen) atoms. The fourth-order valence-corrected chi connectivity index (χ4v) is 5.43. The van der Waals surface area contributed by atoms with Crippen molar-refractivity contribution in [1.82, 2.24) is 4.31 Å². The molecule has 1 atom stereocenters. The molecule has 2 aromatic carbocycles. The van der Waals surface area contributed by atoms with Gasteiger partial charge >= 0.3 is 5.97 Å². The van der Waals surface area contributed by atoms with E-state index in [9.17, 15) is 18.5 Å². The molecule has 2 aliphatic heterocycles. The van der Waals surface area contributed by atoms with Crippen LogP contribution in [0.15, 0.2) is 53.4 Å². The number of rotatable bonds is 2. The number of carbonyl (C=O) groups excluding carboxylic acids is 1. The number of ether oxygens (including phenoxy) is 1. The molecule has 0 amide bonds. The van der Waals surface area contributed by atoms with Crippen LogP contribution in [0.5, 0.6) is 0 Å². The zero-order valence-electron chi connectivity index (χ0n) is 13.9. The summed E-state index contributed by atoms with van der Waals surface area (Å²) < 4.78 is 33.3. The van der Waals surface area contributed by atoms with Gasteiger partial charge in [-0.25, -0.2) is 13.2 Å². The van der Waals surface area contributed by atoms with E-state index in [1.54, 1.807) is 24.3 Å². The normalized spacial score (nSPS) is 22.7. The van der Waals surface area contributed by atoms with Crippen molar-refractivity contribution in [2.45, 2.75) is 23.3 Å². The maximum Gasteiger partial charge on any atom is 0.339 e. The standard InChI is InChI=1S/C19H16N2O4S/c20-12-14-6-1-4-9-17(14)26(23,24)21-11-5-10-19(13-21)16-8-3-2-7-15(16)18(22)25-19/h1-4,6-9H,5,10-11,13H2. The highest BCUT2D eigenvalue weighted by atomic mass is 32.2. The average molecular weight is 368 g/mol. The molecule has 1 saturated heterocycles. The quantitative estimate of drug-likeness (QED) is 0.760. The van der Waals surface area contributed by atoms with Crippen LogP contribution in [0.2, 0.25) is 0 Å². The lowest BCUT2D eigenvalue weighted by atomic mass is 9.86. The van der Waals surface area contributed by atoms with E-state index in [1.165, 1.54) is 16.4 Å². The topological polar surface area (TPSA) is 87.5 Å². The van der Waals surface area contributed by atoms with Crippen LogP contribution < -0.4 is 0 Å². The summed E-state index contributed by atoms with van der Waals surface area (Å²) in [6.45, 7) is 0.376. The second-order valence-corrected chi connectivity index (χ2v) is 8.39. The molecule has 1 spiro atoms. The first-order valence-electron chi connectivity index (χ1n) is 8.30. The van der Waals surface area contributed by atoms with Gasteiger partial charge < -0.3 is 4.74 Å². The Morgan fingerprint density at radius 2 is 1.85 bits per heavy atom. The van der Waals surface area contributed by atoms with Crippen molar-refractivity contribution in [3.8, 4) is 6.07 Å². The minimum Gasteiger partial charge on any atom is -0.449 e. The van der Waals surface area contributed by atoms with Crippen LogP contribution in [-0.4, -0.2) is 31.8 Å². The molecule has 132 valence electrons. The van der Waals surface area contributed by atoms with Crippen molar-refractivity contribution in [2.75, 3.05) is 13.1 Å². The van der Waals surface area contributed by atoms with Crippen molar-refractivity contribution < 1.29 is 17.9 Å². The van der Waals surface area contributed by atoms with Crippen molar-refractivity contribution in [3.63, 3.8) is 0 Å². The highest BCUT2D eigenvalue weighted by molar-refractivity contribution is 7.89. The van der Waals surface area contributed by atoms with Gasteiger partial charge in [-0.1, -0.05) is 30.3 Å². The Balaban J connectivity index is 1.75. The maximum atomic E-state index is 13.1. The minimum atomic E-state index is -3.87. The van der Waals surface area contributed by atoms with Gasteiger partial charge in [0.1, 0.15) is 6.07 Å². The number of hydrogen-bond acceptors (Lipinski definition) is 5. The van der Waals surface area contributed by atoms with Gasteiger partial charge in [0.15, 0.2) is 5.60 Å². The lowest BCUT2D eigenvalue weighted by Crippen LogP contribution is -2.48. The van der Waals surface area contributed by atoms with Crippen LogP contribution in [0.1, 0.15) is 34.3 Å². The molecule has 0 aromatic heterocycles. The summed E-state index contributed by atoms with van der Waals surface area (Å²) in [4.78, 5) is 12.2. The van der Waals surface area contributed by atoms with Gasteiger partial charge in [0, 0.05) is 12.1 Å². The third kappa shape index (κ3) is 2.42. The van der Waals surface area contributed by atoms with E-state index in [0.717, 1.165) is 5.56 Å². The van der Waals surface area contributed by atoms with E-state index >= 15 is 0 Å². The van der Waals surface area contributed by atoms with Crippen molar-refractivity contribution in [1.29, 1.82) is 5.26 Å². The van der Waals surface area contributed by atoms with Crippen LogP contribution in [0.4, 0.5) is 0 Å². The fourth-order valence-electron chi connectivity index (χ4n) is 3.76. The molecule has 0 saturated carbocycles. The van der Waals surface area contributed by atoms with Gasteiger partial charge in [-0.05, 0) is 31.0 Å². The minimum absolute atomic E-state index is 0.0165. The van der Waals surface area contributed by atoms with Gasteiger partial charge in [0.2, 0.25) is 10.0 Å². The second-order valence-electron chi connectivity index (χ2n) is 6.48. The summed E-state index contributed by atoms with van der Waals surface area (Å²) in [5, 5.41) is 9.25. The molecule has 2 heterocycles. The highest BCUT2D eigenvalue weighted by Gasteiger charge is 2.50. The van der Waals surface area contributed by atoms with E-state index in [2.05, 4.69) is 0 Å². The summed E-state index contributed by atoms with van der Waals surface area (Å²) in [7, 11) is -3.87. The van der Waals surface area contributed by atoms with Crippen molar-refractivity contribution >= 4 is 16.0 Å². The number of nitrogens with zero attached hydrogens (tertiary/aromatic N) is 2. The van der Waals surface area contributed by atoms with Gasteiger partial charge in [-0.2, -0.15) is 9.57 Å². The molecule has 7 heteroatoms. The van der Waals surface area contributed by atoms with E-state index in [-0.39, 0.29) is 17.0 Å². The van der Waals surface area contributed by atoms with E-state index in [1.807, 2.05) is 18.2 Å². The first-order valence-corrected chi connectivity index (χ1v) is 9.74.